The molecule has 6 nitrogen and oxygen atoms in total. The summed E-state index contributed by atoms with van der Waals surface area (Å²) in [6.45, 7) is 8.39. The lowest BCUT2D eigenvalue weighted by molar-refractivity contribution is -0.127. The smallest absolute Gasteiger partial charge is 0.355 e. The van der Waals surface area contributed by atoms with Crippen LogP contribution in [-0.4, -0.2) is 34.6 Å². The van der Waals surface area contributed by atoms with Crippen molar-refractivity contribution in [1.29, 1.82) is 0 Å². The maximum absolute atomic E-state index is 12.2. The molecule has 1 heterocycles. The highest BCUT2D eigenvalue weighted by molar-refractivity contribution is 7.09. The molecule has 7 heteroatoms. The van der Waals surface area contributed by atoms with Gasteiger partial charge in [0.25, 0.3) is 5.91 Å². The highest BCUT2D eigenvalue weighted by Crippen LogP contribution is 2.24. The number of nitrogens with one attached hydrogen (secondary N) is 1. The third-order valence-electron chi connectivity index (χ3n) is 3.95. The Labute approximate surface area is 157 Å². The van der Waals surface area contributed by atoms with Gasteiger partial charge in [-0.25, -0.2) is 9.78 Å². The van der Waals surface area contributed by atoms with Crippen LogP contribution in [0.3, 0.4) is 0 Å². The number of aromatic carboxylic acids is 1. The molecular weight excluding hydrogens is 352 g/mol. The topological polar surface area (TPSA) is 88.5 Å². The molecule has 0 saturated carbocycles. The van der Waals surface area contributed by atoms with Gasteiger partial charge in [0.05, 0.1) is 5.01 Å². The second-order valence-corrected chi connectivity index (χ2v) is 7.35. The quantitative estimate of drug-likeness (QED) is 0.737. The summed E-state index contributed by atoms with van der Waals surface area (Å²) in [6.07, 6.45) is -0.135. The first kappa shape index (κ1) is 19.9. The molecule has 2 aromatic rings. The van der Waals surface area contributed by atoms with Gasteiger partial charge in [-0.1, -0.05) is 19.9 Å². The van der Waals surface area contributed by atoms with E-state index in [1.165, 1.54) is 22.3 Å². The van der Waals surface area contributed by atoms with Crippen molar-refractivity contribution in [3.05, 3.63) is 45.4 Å². The van der Waals surface area contributed by atoms with Gasteiger partial charge in [-0.2, -0.15) is 0 Å². The first-order valence-corrected chi connectivity index (χ1v) is 9.38. The molecule has 2 rings (SSSR count). The number of amides is 1. The number of aryl methyl sites for hydroxylation is 1. The van der Waals surface area contributed by atoms with Crippen LogP contribution in [0.4, 0.5) is 0 Å². The molecule has 1 amide bonds. The Kier molecular flexibility index (Phi) is 6.74. The number of carboxylic acid groups (broad SMARTS) is 1. The molecule has 1 unspecified atom stereocenters. The van der Waals surface area contributed by atoms with Crippen LogP contribution in [0.15, 0.2) is 23.6 Å². The number of carbonyl (C=O) groups is 2. The number of aromatic nitrogens is 1. The van der Waals surface area contributed by atoms with Gasteiger partial charge in [0.2, 0.25) is 0 Å². The van der Waals surface area contributed by atoms with E-state index < -0.39 is 12.1 Å². The lowest BCUT2D eigenvalue weighted by Crippen LogP contribution is -2.37. The molecule has 0 aliphatic heterocycles. The SMILES string of the molecule is Cc1cc(OC(C)C(=O)NCCc2nc(C(=O)O)cs2)ccc1C(C)C. The second-order valence-electron chi connectivity index (χ2n) is 6.41. The summed E-state index contributed by atoms with van der Waals surface area (Å²) in [5, 5.41) is 13.8. The zero-order chi connectivity index (χ0) is 19.3. The van der Waals surface area contributed by atoms with Gasteiger partial charge < -0.3 is 15.2 Å². The van der Waals surface area contributed by atoms with Crippen LogP contribution in [0.5, 0.6) is 5.75 Å². The number of thiazole rings is 1. The summed E-state index contributed by atoms with van der Waals surface area (Å²) in [6, 6.07) is 5.86. The van der Waals surface area contributed by atoms with Crippen LogP contribution in [0.25, 0.3) is 0 Å². The summed E-state index contributed by atoms with van der Waals surface area (Å²) < 4.78 is 5.73. The highest BCUT2D eigenvalue weighted by atomic mass is 32.1. The fourth-order valence-corrected chi connectivity index (χ4v) is 3.36. The Morgan fingerprint density at radius 2 is 2.04 bits per heavy atom. The molecule has 0 saturated heterocycles. The number of rotatable bonds is 8. The molecule has 0 radical (unpaired) electrons. The van der Waals surface area contributed by atoms with E-state index in [9.17, 15) is 9.59 Å². The molecule has 0 fully saturated rings. The van der Waals surface area contributed by atoms with Crippen molar-refractivity contribution in [2.75, 3.05) is 6.54 Å². The predicted octanol–water partition coefficient (Wildman–Crippen LogP) is 3.40. The van der Waals surface area contributed by atoms with Crippen LogP contribution >= 0.6 is 11.3 Å². The van der Waals surface area contributed by atoms with Gasteiger partial charge in [0.1, 0.15) is 5.75 Å². The molecule has 0 spiro atoms. The van der Waals surface area contributed by atoms with Crippen LogP contribution < -0.4 is 10.1 Å². The number of carbonyl (C=O) groups excluding carboxylic acids is 1. The zero-order valence-corrected chi connectivity index (χ0v) is 16.2. The third kappa shape index (κ3) is 5.29. The lowest BCUT2D eigenvalue weighted by Gasteiger charge is -2.16. The Morgan fingerprint density at radius 3 is 2.62 bits per heavy atom. The summed E-state index contributed by atoms with van der Waals surface area (Å²) in [5.74, 6) is -0.152. The molecule has 26 heavy (non-hydrogen) atoms. The summed E-state index contributed by atoms with van der Waals surface area (Å²) in [5.41, 5.74) is 2.44. The normalized spacial score (nSPS) is 12.0. The average molecular weight is 376 g/mol. The van der Waals surface area contributed by atoms with Crippen molar-refractivity contribution in [3.63, 3.8) is 0 Å². The van der Waals surface area contributed by atoms with E-state index in [1.807, 2.05) is 25.1 Å². The van der Waals surface area contributed by atoms with Gasteiger partial charge in [-0.15, -0.1) is 11.3 Å². The summed E-state index contributed by atoms with van der Waals surface area (Å²) in [7, 11) is 0. The number of benzene rings is 1. The third-order valence-corrected chi connectivity index (χ3v) is 4.86. The van der Waals surface area contributed by atoms with Crippen LogP contribution in [0, 0.1) is 6.92 Å². The highest BCUT2D eigenvalue weighted by Gasteiger charge is 2.15. The molecule has 1 atom stereocenters. The zero-order valence-electron chi connectivity index (χ0n) is 15.4. The number of carboxylic acids is 1. The van der Waals surface area contributed by atoms with Crippen LogP contribution in [0.1, 0.15) is 53.3 Å². The molecule has 1 aromatic carbocycles. The van der Waals surface area contributed by atoms with Crippen molar-refractivity contribution in [1.82, 2.24) is 10.3 Å². The van der Waals surface area contributed by atoms with Crippen LogP contribution in [-0.2, 0) is 11.2 Å². The lowest BCUT2D eigenvalue weighted by atomic mass is 9.98. The molecule has 140 valence electrons. The van der Waals surface area contributed by atoms with Gasteiger partial charge in [0, 0.05) is 18.3 Å². The summed E-state index contributed by atoms with van der Waals surface area (Å²) in [4.78, 5) is 27.0. The Hall–Kier alpha value is -2.41. The van der Waals surface area contributed by atoms with Crippen molar-refractivity contribution in [2.24, 2.45) is 0 Å². The first-order chi connectivity index (χ1) is 12.3. The number of ether oxygens (including phenoxy) is 1. The minimum atomic E-state index is -1.04. The monoisotopic (exact) mass is 376 g/mol. The minimum absolute atomic E-state index is 0.0354. The maximum Gasteiger partial charge on any atom is 0.355 e. The number of hydrogen-bond acceptors (Lipinski definition) is 5. The summed E-state index contributed by atoms with van der Waals surface area (Å²) >= 11 is 1.27. The van der Waals surface area contributed by atoms with Crippen molar-refractivity contribution >= 4 is 23.2 Å². The molecule has 0 aliphatic rings. The van der Waals surface area contributed by atoms with Crippen molar-refractivity contribution in [3.8, 4) is 5.75 Å². The van der Waals surface area contributed by atoms with E-state index in [4.69, 9.17) is 9.84 Å². The standard InChI is InChI=1S/C19H24N2O4S/c1-11(2)15-6-5-14(9-12(15)3)25-13(4)18(22)20-8-7-17-21-16(10-26-17)19(23)24/h5-6,9-11,13H,7-8H2,1-4H3,(H,20,22)(H,23,24). The van der Waals surface area contributed by atoms with E-state index in [2.05, 4.69) is 24.1 Å². The first-order valence-electron chi connectivity index (χ1n) is 8.50. The second kappa shape index (κ2) is 8.80. The van der Waals surface area contributed by atoms with Gasteiger partial charge in [-0.05, 0) is 43.0 Å². The molecule has 0 aliphatic carbocycles. The van der Waals surface area contributed by atoms with Gasteiger partial charge in [0.15, 0.2) is 11.8 Å². The van der Waals surface area contributed by atoms with Crippen molar-refractivity contribution in [2.45, 2.75) is 46.1 Å². The van der Waals surface area contributed by atoms with Crippen LogP contribution in [0.2, 0.25) is 0 Å². The Bertz CT molecular complexity index is 786. The van der Waals surface area contributed by atoms with E-state index in [1.54, 1.807) is 6.92 Å². The fourth-order valence-electron chi connectivity index (χ4n) is 2.59. The fraction of sp³-hybridized carbons (Fsp3) is 0.421. The predicted molar refractivity (Wildman–Crippen MR) is 101 cm³/mol. The van der Waals surface area contributed by atoms with E-state index >= 15 is 0 Å². The largest absolute Gasteiger partial charge is 0.481 e. The Balaban J connectivity index is 1.83. The Morgan fingerprint density at radius 1 is 1.31 bits per heavy atom. The maximum atomic E-state index is 12.2. The molecular formula is C19H24N2O4S. The van der Waals surface area contributed by atoms with E-state index in [-0.39, 0.29) is 11.6 Å². The van der Waals surface area contributed by atoms with E-state index in [0.717, 1.165) is 5.56 Å². The average Bonchev–Trinajstić information content (AvgIpc) is 3.03. The molecule has 1 aromatic heterocycles. The van der Waals surface area contributed by atoms with Gasteiger partial charge >= 0.3 is 5.97 Å². The minimum Gasteiger partial charge on any atom is -0.481 e. The number of hydrogen-bond donors (Lipinski definition) is 2. The molecule has 2 N–H and O–H groups in total. The van der Waals surface area contributed by atoms with Gasteiger partial charge in [-0.3, -0.25) is 4.79 Å². The van der Waals surface area contributed by atoms with Crippen molar-refractivity contribution < 1.29 is 19.4 Å². The van der Waals surface area contributed by atoms with E-state index in [0.29, 0.717) is 29.6 Å². The molecule has 0 bridgehead atoms. The number of nitrogens with zero attached hydrogens (tertiary/aromatic N) is 1.